The van der Waals surface area contributed by atoms with E-state index in [4.69, 9.17) is 4.74 Å². The zero-order chi connectivity index (χ0) is 20.0. The van der Waals surface area contributed by atoms with Crippen LogP contribution in [0.15, 0.2) is 48.5 Å². The first-order valence-electron chi connectivity index (χ1n) is 9.04. The molecule has 0 saturated carbocycles. The largest absolute Gasteiger partial charge is 0.497 e. The van der Waals surface area contributed by atoms with Crippen molar-refractivity contribution in [3.05, 3.63) is 54.1 Å². The third-order valence-electron chi connectivity index (χ3n) is 4.32. The number of methoxy groups -OCH3 is 1. The Labute approximate surface area is 161 Å². The molecule has 0 radical (unpaired) electrons. The summed E-state index contributed by atoms with van der Waals surface area (Å²) in [5, 5.41) is 2.85. The zero-order valence-electron chi connectivity index (χ0n) is 16.7. The number of hydrogen-bond donors (Lipinski definition) is 1. The summed E-state index contributed by atoms with van der Waals surface area (Å²) in [6, 6.07) is 15.0. The van der Waals surface area contributed by atoms with Gasteiger partial charge in [-0.1, -0.05) is 39.0 Å². The summed E-state index contributed by atoms with van der Waals surface area (Å²) in [6.07, 6.45) is 0.212. The van der Waals surface area contributed by atoms with Gasteiger partial charge >= 0.3 is 0 Å². The molecule has 1 N–H and O–H groups in total. The summed E-state index contributed by atoms with van der Waals surface area (Å²) in [7, 11) is 1.60. The molecule has 2 rings (SSSR count). The minimum Gasteiger partial charge on any atom is -0.497 e. The molecule has 0 saturated heterocycles. The van der Waals surface area contributed by atoms with Gasteiger partial charge in [-0.3, -0.25) is 9.59 Å². The number of hydrogen-bond acceptors (Lipinski definition) is 3. The van der Waals surface area contributed by atoms with Crippen molar-refractivity contribution in [3.8, 4) is 5.75 Å². The number of nitrogens with one attached hydrogen (secondary N) is 1. The molecule has 0 spiro atoms. The van der Waals surface area contributed by atoms with Gasteiger partial charge in [-0.2, -0.15) is 0 Å². The summed E-state index contributed by atoms with van der Waals surface area (Å²) in [5.74, 6) is 0.512. The van der Waals surface area contributed by atoms with Crippen molar-refractivity contribution in [1.82, 2.24) is 0 Å². The lowest BCUT2D eigenvalue weighted by atomic mass is 9.85. The Balaban J connectivity index is 2.09. The van der Waals surface area contributed by atoms with Crippen molar-refractivity contribution < 1.29 is 14.3 Å². The van der Waals surface area contributed by atoms with Crippen molar-refractivity contribution >= 4 is 23.2 Å². The van der Waals surface area contributed by atoms with E-state index in [0.29, 0.717) is 12.2 Å². The molecule has 5 heteroatoms. The molecular formula is C22H28N2O3. The van der Waals surface area contributed by atoms with E-state index in [1.807, 2.05) is 24.3 Å². The molecular weight excluding hydrogens is 340 g/mol. The van der Waals surface area contributed by atoms with Crippen LogP contribution in [0.1, 0.15) is 39.7 Å². The number of ether oxygens (including phenoxy) is 1. The van der Waals surface area contributed by atoms with Gasteiger partial charge in [0, 0.05) is 31.3 Å². The van der Waals surface area contributed by atoms with Crippen LogP contribution in [-0.4, -0.2) is 25.5 Å². The van der Waals surface area contributed by atoms with Gasteiger partial charge in [-0.05, 0) is 41.3 Å². The molecule has 0 heterocycles. The number of para-hydroxylation sites is 1. The molecule has 0 aliphatic heterocycles. The highest BCUT2D eigenvalue weighted by atomic mass is 16.5. The van der Waals surface area contributed by atoms with Gasteiger partial charge in [0.15, 0.2) is 0 Å². The topological polar surface area (TPSA) is 58.6 Å². The molecule has 0 unspecified atom stereocenters. The third-order valence-corrected chi connectivity index (χ3v) is 4.32. The van der Waals surface area contributed by atoms with Crippen LogP contribution in [0.2, 0.25) is 0 Å². The molecule has 5 nitrogen and oxygen atoms in total. The second kappa shape index (κ2) is 8.71. The standard InChI is InChI=1S/C22H28N2O3/c1-16(25)24(20-9-7-6-8-19(20)22(2,3)4)15-14-21(26)23-17-10-12-18(27-5)13-11-17/h6-13H,14-15H2,1-5H3,(H,23,26). The minimum absolute atomic E-state index is 0.0797. The molecule has 2 aromatic rings. The molecule has 0 bridgehead atoms. The van der Waals surface area contributed by atoms with Crippen molar-refractivity contribution in [3.63, 3.8) is 0 Å². The molecule has 0 aliphatic rings. The van der Waals surface area contributed by atoms with E-state index in [-0.39, 0.29) is 23.7 Å². The Morgan fingerprint density at radius 3 is 2.22 bits per heavy atom. The van der Waals surface area contributed by atoms with Crippen LogP contribution in [0.4, 0.5) is 11.4 Å². The number of carbonyl (C=O) groups excluding carboxylic acids is 2. The van der Waals surface area contributed by atoms with Crippen LogP contribution < -0.4 is 15.0 Å². The highest BCUT2D eigenvalue weighted by Gasteiger charge is 2.23. The summed E-state index contributed by atoms with van der Waals surface area (Å²) < 4.78 is 5.11. The molecule has 0 fully saturated rings. The predicted octanol–water partition coefficient (Wildman–Crippen LogP) is 4.37. The van der Waals surface area contributed by atoms with E-state index in [1.165, 1.54) is 6.92 Å². The van der Waals surface area contributed by atoms with Crippen LogP contribution in [-0.2, 0) is 15.0 Å². The highest BCUT2D eigenvalue weighted by molar-refractivity contribution is 5.95. The second-order valence-corrected chi connectivity index (χ2v) is 7.46. The normalized spacial score (nSPS) is 11.0. The Kier molecular flexibility index (Phi) is 6.61. The van der Waals surface area contributed by atoms with Crippen molar-refractivity contribution in [2.75, 3.05) is 23.9 Å². The number of anilines is 2. The zero-order valence-corrected chi connectivity index (χ0v) is 16.7. The summed E-state index contributed by atoms with van der Waals surface area (Å²) >= 11 is 0. The number of carbonyl (C=O) groups is 2. The Morgan fingerprint density at radius 1 is 1.04 bits per heavy atom. The molecule has 2 amide bonds. The van der Waals surface area contributed by atoms with Gasteiger partial charge in [0.2, 0.25) is 11.8 Å². The van der Waals surface area contributed by atoms with Crippen molar-refractivity contribution in [1.29, 1.82) is 0 Å². The van der Waals surface area contributed by atoms with E-state index < -0.39 is 0 Å². The van der Waals surface area contributed by atoms with Crippen LogP contribution >= 0.6 is 0 Å². The summed E-state index contributed by atoms with van der Waals surface area (Å²) in [6.45, 7) is 8.19. The van der Waals surface area contributed by atoms with E-state index in [9.17, 15) is 9.59 Å². The van der Waals surface area contributed by atoms with Gasteiger partial charge in [0.25, 0.3) is 0 Å². The molecule has 2 aromatic carbocycles. The van der Waals surface area contributed by atoms with Crippen molar-refractivity contribution in [2.24, 2.45) is 0 Å². The lowest BCUT2D eigenvalue weighted by molar-refractivity contribution is -0.117. The first-order chi connectivity index (χ1) is 12.7. The van der Waals surface area contributed by atoms with Crippen molar-refractivity contribution in [2.45, 2.75) is 39.5 Å². The number of nitrogens with zero attached hydrogens (tertiary/aromatic N) is 1. The average Bonchev–Trinajstić information content (AvgIpc) is 2.62. The Hall–Kier alpha value is -2.82. The maximum atomic E-state index is 12.3. The molecule has 144 valence electrons. The fraction of sp³-hybridized carbons (Fsp3) is 0.364. The van der Waals surface area contributed by atoms with Gasteiger partial charge in [-0.15, -0.1) is 0 Å². The maximum absolute atomic E-state index is 12.3. The molecule has 27 heavy (non-hydrogen) atoms. The monoisotopic (exact) mass is 368 g/mol. The van der Waals surface area contributed by atoms with E-state index in [2.05, 4.69) is 26.1 Å². The van der Waals surface area contributed by atoms with E-state index >= 15 is 0 Å². The Bertz CT molecular complexity index is 792. The SMILES string of the molecule is COc1ccc(NC(=O)CCN(C(C)=O)c2ccccc2C(C)(C)C)cc1. The second-order valence-electron chi connectivity index (χ2n) is 7.46. The minimum atomic E-state index is -0.139. The van der Waals surface area contributed by atoms with Crippen LogP contribution in [0.5, 0.6) is 5.75 Å². The van der Waals surface area contributed by atoms with Crippen LogP contribution in [0.3, 0.4) is 0 Å². The molecule has 0 aliphatic carbocycles. The van der Waals surface area contributed by atoms with Gasteiger partial charge in [0.1, 0.15) is 5.75 Å². The predicted molar refractivity (Wildman–Crippen MR) is 109 cm³/mol. The van der Waals surface area contributed by atoms with Crippen LogP contribution in [0, 0.1) is 0 Å². The molecule has 0 aromatic heterocycles. The lowest BCUT2D eigenvalue weighted by Crippen LogP contribution is -2.34. The first kappa shape index (κ1) is 20.5. The number of rotatable bonds is 6. The van der Waals surface area contributed by atoms with E-state index in [1.54, 1.807) is 36.3 Å². The lowest BCUT2D eigenvalue weighted by Gasteiger charge is -2.29. The number of amides is 2. The highest BCUT2D eigenvalue weighted by Crippen LogP contribution is 2.32. The summed E-state index contributed by atoms with van der Waals surface area (Å²) in [4.78, 5) is 26.2. The fourth-order valence-corrected chi connectivity index (χ4v) is 2.90. The summed E-state index contributed by atoms with van der Waals surface area (Å²) in [5.41, 5.74) is 2.53. The third kappa shape index (κ3) is 5.58. The quantitative estimate of drug-likeness (QED) is 0.823. The smallest absolute Gasteiger partial charge is 0.226 e. The average molecular weight is 368 g/mol. The number of benzene rings is 2. The Morgan fingerprint density at radius 2 is 1.67 bits per heavy atom. The van der Waals surface area contributed by atoms with E-state index in [0.717, 1.165) is 17.0 Å². The van der Waals surface area contributed by atoms with Gasteiger partial charge in [-0.25, -0.2) is 0 Å². The maximum Gasteiger partial charge on any atom is 0.226 e. The first-order valence-corrected chi connectivity index (χ1v) is 9.04. The fourth-order valence-electron chi connectivity index (χ4n) is 2.90. The molecule has 0 atom stereocenters. The van der Waals surface area contributed by atoms with Gasteiger partial charge < -0.3 is 15.0 Å². The van der Waals surface area contributed by atoms with Gasteiger partial charge in [0.05, 0.1) is 7.11 Å². The van der Waals surface area contributed by atoms with Crippen LogP contribution in [0.25, 0.3) is 0 Å².